The van der Waals surface area contributed by atoms with Gasteiger partial charge < -0.3 is 20.4 Å². The fourth-order valence-electron chi connectivity index (χ4n) is 3.50. The van der Waals surface area contributed by atoms with Crippen LogP contribution in [0.25, 0.3) is 5.57 Å². The van der Waals surface area contributed by atoms with Gasteiger partial charge in [-0.3, -0.25) is 0 Å². The summed E-state index contributed by atoms with van der Waals surface area (Å²) in [5.41, 5.74) is 4.04. The van der Waals surface area contributed by atoms with Crippen molar-refractivity contribution >= 4 is 29.1 Å². The molecule has 6 heteroatoms. The van der Waals surface area contributed by atoms with Crippen molar-refractivity contribution in [2.75, 3.05) is 11.9 Å². The molecule has 0 saturated heterocycles. The number of allylic oxidation sites excluding steroid dienone is 1. The van der Waals surface area contributed by atoms with Crippen LogP contribution in [0.3, 0.4) is 0 Å². The second-order valence-electron chi connectivity index (χ2n) is 7.54. The SMILES string of the molecule is CC1CCc2c(ccc(/C(C=N)=C/NC3CC3)c2Oc2ccc(Cl)cn2)N1C. The monoisotopic (exact) mass is 396 g/mol. The van der Waals surface area contributed by atoms with E-state index in [2.05, 4.69) is 35.2 Å². The van der Waals surface area contributed by atoms with Gasteiger partial charge in [0.05, 0.1) is 5.02 Å². The summed E-state index contributed by atoms with van der Waals surface area (Å²) in [5.74, 6) is 1.28. The number of fused-ring (bicyclic) bond motifs is 1. The lowest BCUT2D eigenvalue weighted by Crippen LogP contribution is -2.33. The maximum absolute atomic E-state index is 7.95. The minimum absolute atomic E-state index is 0.481. The van der Waals surface area contributed by atoms with E-state index in [-0.39, 0.29) is 0 Å². The van der Waals surface area contributed by atoms with E-state index in [1.54, 1.807) is 18.3 Å². The van der Waals surface area contributed by atoms with Crippen molar-refractivity contribution < 1.29 is 4.74 Å². The Labute approximate surface area is 170 Å². The van der Waals surface area contributed by atoms with E-state index >= 15 is 0 Å². The second-order valence-corrected chi connectivity index (χ2v) is 7.98. The molecule has 1 fully saturated rings. The van der Waals surface area contributed by atoms with Gasteiger partial charge in [-0.2, -0.15) is 0 Å². The van der Waals surface area contributed by atoms with Crippen LogP contribution in [0.2, 0.25) is 5.02 Å². The number of hydrogen-bond donors (Lipinski definition) is 2. The highest BCUT2D eigenvalue weighted by Gasteiger charge is 2.26. The van der Waals surface area contributed by atoms with Crippen molar-refractivity contribution in [2.45, 2.75) is 44.7 Å². The van der Waals surface area contributed by atoms with Crippen LogP contribution < -0.4 is 15.0 Å². The Balaban J connectivity index is 1.79. The van der Waals surface area contributed by atoms with Crippen LogP contribution in [-0.4, -0.2) is 30.3 Å². The zero-order valence-corrected chi connectivity index (χ0v) is 17.0. The number of aromatic nitrogens is 1. The molecule has 4 rings (SSSR count). The molecule has 146 valence electrons. The molecular weight excluding hydrogens is 372 g/mol. The molecule has 5 nitrogen and oxygen atoms in total. The molecule has 2 aromatic rings. The highest BCUT2D eigenvalue weighted by atomic mass is 35.5. The van der Waals surface area contributed by atoms with Gasteiger partial charge in [0, 0.05) is 66.2 Å². The summed E-state index contributed by atoms with van der Waals surface area (Å²) < 4.78 is 6.28. The lowest BCUT2D eigenvalue weighted by molar-refractivity contribution is 0.450. The van der Waals surface area contributed by atoms with Crippen LogP contribution in [0.1, 0.15) is 37.3 Å². The number of halogens is 1. The van der Waals surface area contributed by atoms with Crippen LogP contribution >= 0.6 is 11.6 Å². The number of nitrogens with one attached hydrogen (secondary N) is 2. The standard InChI is InChI=1S/C22H25ClN4O/c1-14-3-7-19-20(27(14)2)9-8-18(15(11-24)12-25-17-5-6-17)22(19)28-21-10-4-16(23)13-26-21/h4,8-14,17,24-25H,3,5-7H2,1-2H3/b15-12+,24-11?. The molecule has 28 heavy (non-hydrogen) atoms. The zero-order chi connectivity index (χ0) is 19.7. The highest BCUT2D eigenvalue weighted by molar-refractivity contribution is 6.30. The summed E-state index contributed by atoms with van der Waals surface area (Å²) in [6.07, 6.45) is 9.26. The summed E-state index contributed by atoms with van der Waals surface area (Å²) in [5, 5.41) is 11.9. The lowest BCUT2D eigenvalue weighted by Gasteiger charge is -2.35. The van der Waals surface area contributed by atoms with Crippen LogP contribution in [0.5, 0.6) is 11.6 Å². The predicted molar refractivity (Wildman–Crippen MR) is 115 cm³/mol. The maximum Gasteiger partial charge on any atom is 0.219 e. The molecule has 0 radical (unpaired) electrons. The second kappa shape index (κ2) is 7.84. The predicted octanol–water partition coefficient (Wildman–Crippen LogP) is 5.04. The molecule has 1 atom stereocenters. The van der Waals surface area contributed by atoms with E-state index in [0.29, 0.717) is 23.0 Å². The van der Waals surface area contributed by atoms with E-state index in [1.165, 1.54) is 24.7 Å². The van der Waals surface area contributed by atoms with Crippen molar-refractivity contribution in [1.82, 2.24) is 10.3 Å². The Morgan fingerprint density at radius 2 is 2.11 bits per heavy atom. The van der Waals surface area contributed by atoms with Gasteiger partial charge in [0.15, 0.2) is 0 Å². The molecule has 0 spiro atoms. The summed E-state index contributed by atoms with van der Waals surface area (Å²) in [7, 11) is 2.12. The van der Waals surface area contributed by atoms with Crippen LogP contribution in [0.4, 0.5) is 5.69 Å². The van der Waals surface area contributed by atoms with Gasteiger partial charge in [-0.15, -0.1) is 0 Å². The minimum atomic E-state index is 0.481. The molecule has 2 heterocycles. The molecule has 1 aromatic heterocycles. The minimum Gasteiger partial charge on any atom is -0.438 e. The van der Waals surface area contributed by atoms with Crippen molar-refractivity contribution in [2.24, 2.45) is 0 Å². The third kappa shape index (κ3) is 3.85. The van der Waals surface area contributed by atoms with Gasteiger partial charge in [0.2, 0.25) is 5.88 Å². The average Bonchev–Trinajstić information content (AvgIpc) is 3.52. The average molecular weight is 397 g/mol. The Hall–Kier alpha value is -2.53. The van der Waals surface area contributed by atoms with Crippen molar-refractivity contribution in [3.8, 4) is 11.6 Å². The number of pyridine rings is 1. The fraction of sp³-hybridized carbons (Fsp3) is 0.364. The topological polar surface area (TPSA) is 61.2 Å². The Bertz CT molecular complexity index is 905. The Kier molecular flexibility index (Phi) is 5.27. The number of anilines is 1. The first kappa shape index (κ1) is 18.8. The van der Waals surface area contributed by atoms with E-state index in [0.717, 1.165) is 35.3 Å². The molecule has 2 N–H and O–H groups in total. The summed E-state index contributed by atoms with van der Waals surface area (Å²) >= 11 is 5.97. The maximum atomic E-state index is 7.95. The van der Waals surface area contributed by atoms with Gasteiger partial charge in [-0.1, -0.05) is 11.6 Å². The number of nitrogens with zero attached hydrogens (tertiary/aromatic N) is 2. The van der Waals surface area contributed by atoms with E-state index in [4.69, 9.17) is 21.7 Å². The summed E-state index contributed by atoms with van der Waals surface area (Å²) in [6, 6.07) is 8.74. The first-order valence-electron chi connectivity index (χ1n) is 9.72. The van der Waals surface area contributed by atoms with Crippen LogP contribution in [0, 0.1) is 5.41 Å². The van der Waals surface area contributed by atoms with Crippen LogP contribution in [0.15, 0.2) is 36.7 Å². The molecule has 0 amide bonds. The Morgan fingerprint density at radius 3 is 2.79 bits per heavy atom. The molecule has 1 aliphatic carbocycles. The van der Waals surface area contributed by atoms with Gasteiger partial charge >= 0.3 is 0 Å². The van der Waals surface area contributed by atoms with Gasteiger partial charge in [0.1, 0.15) is 5.75 Å². The number of rotatable bonds is 6. The molecule has 1 aromatic carbocycles. The largest absolute Gasteiger partial charge is 0.438 e. The number of benzene rings is 1. The van der Waals surface area contributed by atoms with E-state index in [9.17, 15) is 0 Å². The van der Waals surface area contributed by atoms with Gasteiger partial charge in [-0.05, 0) is 50.8 Å². The molecule has 1 saturated carbocycles. The molecule has 1 unspecified atom stereocenters. The third-order valence-electron chi connectivity index (χ3n) is 5.51. The quantitative estimate of drug-likeness (QED) is 0.671. The first-order valence-corrected chi connectivity index (χ1v) is 10.1. The molecule has 1 aliphatic heterocycles. The molecule has 2 aliphatic rings. The van der Waals surface area contributed by atoms with Gasteiger partial charge in [-0.25, -0.2) is 4.98 Å². The normalized spacial score (nSPS) is 19.2. The zero-order valence-electron chi connectivity index (χ0n) is 16.2. The molecular formula is C22H25ClN4O. The highest BCUT2D eigenvalue weighted by Crippen LogP contribution is 2.42. The van der Waals surface area contributed by atoms with Crippen molar-refractivity contribution in [1.29, 1.82) is 5.41 Å². The molecule has 0 bridgehead atoms. The number of ether oxygens (including phenoxy) is 1. The van der Waals surface area contributed by atoms with Crippen molar-refractivity contribution in [3.63, 3.8) is 0 Å². The summed E-state index contributed by atoms with van der Waals surface area (Å²) in [6.45, 7) is 2.24. The van der Waals surface area contributed by atoms with E-state index < -0.39 is 0 Å². The smallest absolute Gasteiger partial charge is 0.219 e. The fourth-order valence-corrected chi connectivity index (χ4v) is 3.61. The van der Waals surface area contributed by atoms with Gasteiger partial charge in [0.25, 0.3) is 0 Å². The van der Waals surface area contributed by atoms with E-state index in [1.807, 2.05) is 12.3 Å². The summed E-state index contributed by atoms with van der Waals surface area (Å²) in [4.78, 5) is 6.60. The first-order chi connectivity index (χ1) is 13.6. The van der Waals surface area contributed by atoms with Crippen LogP contribution in [-0.2, 0) is 6.42 Å². The Morgan fingerprint density at radius 1 is 1.29 bits per heavy atom. The lowest BCUT2D eigenvalue weighted by atomic mass is 9.92. The number of hydrogen-bond acceptors (Lipinski definition) is 5. The van der Waals surface area contributed by atoms with Crippen molar-refractivity contribution in [3.05, 3.63) is 52.8 Å². The third-order valence-corrected chi connectivity index (χ3v) is 5.74.